The molecule has 1 N–H and O–H groups in total. The van der Waals surface area contributed by atoms with Crippen molar-refractivity contribution in [1.29, 1.82) is 0 Å². The van der Waals surface area contributed by atoms with Gasteiger partial charge in [0.1, 0.15) is 0 Å². The largest absolute Gasteiger partial charge is 0.322 e. The highest BCUT2D eigenvalue weighted by Gasteiger charge is 2.31. The van der Waals surface area contributed by atoms with Crippen LogP contribution in [0.4, 0.5) is 5.69 Å². The molecule has 1 aromatic carbocycles. The Kier molecular flexibility index (Phi) is 4.66. The smallest absolute Gasteiger partial charge is 0.257 e. The van der Waals surface area contributed by atoms with Crippen molar-refractivity contribution >= 4 is 29.0 Å². The third-order valence-corrected chi connectivity index (χ3v) is 4.54. The molecule has 0 saturated heterocycles. The van der Waals surface area contributed by atoms with Gasteiger partial charge in [0.15, 0.2) is 11.8 Å². The van der Waals surface area contributed by atoms with Gasteiger partial charge in [-0.25, -0.2) is 4.68 Å². The molecule has 0 radical (unpaired) electrons. The molecule has 0 aliphatic heterocycles. The maximum Gasteiger partial charge on any atom is 0.257 e. The average molecular weight is 347 g/mol. The number of nitrogens with one attached hydrogen (secondary N) is 1. The fourth-order valence-electron chi connectivity index (χ4n) is 3.00. The second-order valence-electron chi connectivity index (χ2n) is 6.12. The van der Waals surface area contributed by atoms with E-state index >= 15 is 0 Å². The monoisotopic (exact) mass is 346 g/mol. The first-order valence-corrected chi connectivity index (χ1v) is 8.35. The quantitative estimate of drug-likeness (QED) is 0.863. The van der Waals surface area contributed by atoms with E-state index < -0.39 is 11.9 Å². The van der Waals surface area contributed by atoms with E-state index in [1.165, 1.54) is 11.6 Å². The molecule has 1 aromatic heterocycles. The summed E-state index contributed by atoms with van der Waals surface area (Å²) in [6.45, 7) is 3.29. The Bertz CT molecular complexity index is 800. The number of carbonyl (C=O) groups is 2. The third-order valence-electron chi connectivity index (χ3n) is 4.21. The molecule has 126 valence electrons. The van der Waals surface area contributed by atoms with Crippen molar-refractivity contribution in [2.75, 3.05) is 5.32 Å². The van der Waals surface area contributed by atoms with Gasteiger partial charge in [-0.2, -0.15) is 0 Å². The van der Waals surface area contributed by atoms with Crippen LogP contribution in [0.1, 0.15) is 42.8 Å². The normalized spacial score (nSPS) is 14.8. The molecule has 6 nitrogen and oxygen atoms in total. The predicted molar refractivity (Wildman–Crippen MR) is 91.2 cm³/mol. The van der Waals surface area contributed by atoms with Crippen LogP contribution in [-0.2, 0) is 22.4 Å². The molecule has 3 rings (SSSR count). The van der Waals surface area contributed by atoms with Crippen molar-refractivity contribution in [2.45, 2.75) is 45.6 Å². The Balaban J connectivity index is 1.91. The summed E-state index contributed by atoms with van der Waals surface area (Å²) in [6.07, 6.45) is 3.69. The number of aromatic nitrogens is 3. The van der Waals surface area contributed by atoms with Crippen molar-refractivity contribution in [3.05, 3.63) is 40.2 Å². The van der Waals surface area contributed by atoms with Gasteiger partial charge < -0.3 is 5.32 Å². The summed E-state index contributed by atoms with van der Waals surface area (Å²) >= 11 is 6.13. The van der Waals surface area contributed by atoms with Crippen LogP contribution in [0.2, 0.25) is 5.02 Å². The Morgan fingerprint density at radius 2 is 2.04 bits per heavy atom. The Morgan fingerprint density at radius 1 is 1.29 bits per heavy atom. The number of fused-ring (bicyclic) bond motifs is 1. The highest BCUT2D eigenvalue weighted by molar-refractivity contribution is 6.33. The minimum absolute atomic E-state index is 0.283. The first kappa shape index (κ1) is 16.6. The van der Waals surface area contributed by atoms with Gasteiger partial charge >= 0.3 is 0 Å². The predicted octanol–water partition coefficient (Wildman–Crippen LogP) is 2.89. The zero-order valence-electron chi connectivity index (χ0n) is 13.7. The Hall–Kier alpha value is -2.21. The maximum atomic E-state index is 12.7. The molecule has 1 aliphatic rings. The molecule has 1 aliphatic carbocycles. The number of carbonyl (C=O) groups excluding carboxylic acids is 2. The number of nitrogens with zero attached hydrogens (tertiary/aromatic N) is 3. The van der Waals surface area contributed by atoms with Gasteiger partial charge in [-0.3, -0.25) is 9.59 Å². The van der Waals surface area contributed by atoms with E-state index in [1.807, 2.05) is 13.0 Å². The highest BCUT2D eigenvalue weighted by atomic mass is 35.5. The van der Waals surface area contributed by atoms with Crippen LogP contribution in [0.3, 0.4) is 0 Å². The molecule has 0 spiro atoms. The van der Waals surface area contributed by atoms with E-state index in [0.717, 1.165) is 42.6 Å². The van der Waals surface area contributed by atoms with Crippen LogP contribution in [-0.4, -0.2) is 26.7 Å². The van der Waals surface area contributed by atoms with Crippen molar-refractivity contribution in [3.8, 4) is 0 Å². The summed E-state index contributed by atoms with van der Waals surface area (Å²) in [5.41, 5.74) is 3.22. The number of rotatable bonds is 4. The van der Waals surface area contributed by atoms with Crippen molar-refractivity contribution in [1.82, 2.24) is 15.0 Å². The number of amides is 1. The van der Waals surface area contributed by atoms with Gasteiger partial charge in [0.25, 0.3) is 5.91 Å². The number of ketones is 1. The van der Waals surface area contributed by atoms with Gasteiger partial charge in [-0.1, -0.05) is 22.9 Å². The lowest BCUT2D eigenvalue weighted by Gasteiger charge is -2.19. The lowest BCUT2D eigenvalue weighted by atomic mass is 10.0. The van der Waals surface area contributed by atoms with Gasteiger partial charge in [-0.15, -0.1) is 5.10 Å². The summed E-state index contributed by atoms with van der Waals surface area (Å²) in [5.74, 6) is -0.733. The lowest BCUT2D eigenvalue weighted by molar-refractivity contribution is -0.129. The zero-order valence-corrected chi connectivity index (χ0v) is 14.4. The lowest BCUT2D eigenvalue weighted by Crippen LogP contribution is -2.33. The van der Waals surface area contributed by atoms with Gasteiger partial charge in [0.05, 0.1) is 22.1 Å². The standard InChI is InChI=1S/C17H19ClN4O2/c1-10-7-8-12(18)14(9-10)19-17(24)16(11(2)23)22-15-6-4-3-5-13(15)20-21-22/h7-9,16H,3-6H2,1-2H3,(H,19,24). The van der Waals surface area contributed by atoms with Crippen molar-refractivity contribution < 1.29 is 9.59 Å². The number of Topliss-reactive ketones (excluding diaryl/α,β-unsaturated/α-hetero) is 1. The van der Waals surface area contributed by atoms with Gasteiger partial charge in [-0.05, 0) is 57.2 Å². The van der Waals surface area contributed by atoms with Crippen molar-refractivity contribution in [2.24, 2.45) is 0 Å². The van der Waals surface area contributed by atoms with Crippen molar-refractivity contribution in [3.63, 3.8) is 0 Å². The number of hydrogen-bond acceptors (Lipinski definition) is 4. The summed E-state index contributed by atoms with van der Waals surface area (Å²) in [4.78, 5) is 24.9. The minimum Gasteiger partial charge on any atom is -0.322 e. The molecule has 7 heteroatoms. The van der Waals surface area contributed by atoms with E-state index in [-0.39, 0.29) is 5.78 Å². The number of aryl methyl sites for hydroxylation is 2. The molecular formula is C17H19ClN4O2. The average Bonchev–Trinajstić information content (AvgIpc) is 2.95. The Labute approximate surface area is 145 Å². The van der Waals surface area contributed by atoms with Crippen LogP contribution in [0.5, 0.6) is 0 Å². The third kappa shape index (κ3) is 3.19. The Morgan fingerprint density at radius 3 is 2.79 bits per heavy atom. The molecule has 0 fully saturated rings. The number of halogens is 1. The second-order valence-corrected chi connectivity index (χ2v) is 6.53. The minimum atomic E-state index is -1.03. The van der Waals surface area contributed by atoms with Gasteiger partial charge in [0.2, 0.25) is 0 Å². The molecule has 1 atom stereocenters. The zero-order chi connectivity index (χ0) is 17.3. The maximum absolute atomic E-state index is 12.7. The summed E-state index contributed by atoms with van der Waals surface area (Å²) in [6, 6.07) is 4.31. The van der Waals surface area contributed by atoms with E-state index in [4.69, 9.17) is 11.6 Å². The SMILES string of the molecule is CC(=O)C(C(=O)Nc1cc(C)ccc1Cl)n1nnc2c1CCCC2. The fraction of sp³-hybridized carbons (Fsp3) is 0.412. The molecule has 1 amide bonds. The van der Waals surface area contributed by atoms with E-state index in [2.05, 4.69) is 15.6 Å². The summed E-state index contributed by atoms with van der Waals surface area (Å²) in [5, 5.41) is 11.4. The van der Waals surface area contributed by atoms with E-state index in [9.17, 15) is 9.59 Å². The fourth-order valence-corrected chi connectivity index (χ4v) is 3.16. The summed E-state index contributed by atoms with van der Waals surface area (Å²) < 4.78 is 1.47. The second kappa shape index (κ2) is 6.73. The first-order chi connectivity index (χ1) is 11.5. The van der Waals surface area contributed by atoms with Crippen LogP contribution in [0, 0.1) is 6.92 Å². The highest BCUT2D eigenvalue weighted by Crippen LogP contribution is 2.26. The molecule has 1 heterocycles. The van der Waals surface area contributed by atoms with E-state index in [1.54, 1.807) is 12.1 Å². The number of benzene rings is 1. The number of anilines is 1. The van der Waals surface area contributed by atoms with Crippen LogP contribution in [0.15, 0.2) is 18.2 Å². The van der Waals surface area contributed by atoms with E-state index in [0.29, 0.717) is 10.7 Å². The molecule has 0 bridgehead atoms. The topological polar surface area (TPSA) is 76.9 Å². The number of hydrogen-bond donors (Lipinski definition) is 1. The molecular weight excluding hydrogens is 328 g/mol. The van der Waals surface area contributed by atoms with Crippen LogP contribution >= 0.6 is 11.6 Å². The molecule has 0 saturated carbocycles. The van der Waals surface area contributed by atoms with Crippen LogP contribution in [0.25, 0.3) is 0 Å². The van der Waals surface area contributed by atoms with Crippen LogP contribution < -0.4 is 5.32 Å². The molecule has 2 aromatic rings. The summed E-state index contributed by atoms with van der Waals surface area (Å²) in [7, 11) is 0. The first-order valence-electron chi connectivity index (χ1n) is 7.98. The molecule has 1 unspecified atom stereocenters. The van der Waals surface area contributed by atoms with Gasteiger partial charge in [0, 0.05) is 0 Å². The molecule has 24 heavy (non-hydrogen) atoms.